The molecule has 0 bridgehead atoms. The zero-order chi connectivity index (χ0) is 27.8. The molecule has 0 aliphatic rings. The molecular formula is C33H34N4O2. The molecular weight excluding hydrogens is 484 g/mol. The number of nitrogens with zero attached hydrogens (tertiary/aromatic N) is 3. The average molecular weight is 519 g/mol. The molecule has 1 N–H and O–H groups in total. The van der Waals surface area contributed by atoms with Crippen molar-refractivity contribution >= 4 is 6.03 Å². The minimum Gasteiger partial charge on any atom is -0.341 e. The number of para-hydroxylation sites is 1. The molecule has 3 aromatic carbocycles. The van der Waals surface area contributed by atoms with Crippen molar-refractivity contribution in [3.63, 3.8) is 0 Å². The lowest BCUT2D eigenvalue weighted by Gasteiger charge is -2.25. The van der Waals surface area contributed by atoms with Crippen molar-refractivity contribution in [2.75, 3.05) is 7.05 Å². The fourth-order valence-corrected chi connectivity index (χ4v) is 4.90. The van der Waals surface area contributed by atoms with Gasteiger partial charge in [0.15, 0.2) is 0 Å². The van der Waals surface area contributed by atoms with Crippen LogP contribution in [0.25, 0.3) is 16.8 Å². The van der Waals surface area contributed by atoms with Gasteiger partial charge in [0.25, 0.3) is 5.56 Å². The number of nitrogens with one attached hydrogen (secondary N) is 1. The van der Waals surface area contributed by atoms with Crippen LogP contribution in [0.4, 0.5) is 4.79 Å². The van der Waals surface area contributed by atoms with Crippen molar-refractivity contribution in [1.82, 2.24) is 14.8 Å². The Labute approximate surface area is 230 Å². The quantitative estimate of drug-likeness (QED) is 0.280. The van der Waals surface area contributed by atoms with Crippen molar-refractivity contribution < 1.29 is 4.79 Å². The van der Waals surface area contributed by atoms with E-state index in [0.717, 1.165) is 52.9 Å². The summed E-state index contributed by atoms with van der Waals surface area (Å²) in [4.78, 5) is 28.9. The van der Waals surface area contributed by atoms with Crippen LogP contribution in [0.5, 0.6) is 0 Å². The lowest BCUT2D eigenvalue weighted by atomic mass is 9.97. The topological polar surface area (TPSA) is 78.1 Å². The number of aromatic nitrogens is 1. The van der Waals surface area contributed by atoms with Gasteiger partial charge < -0.3 is 10.2 Å². The van der Waals surface area contributed by atoms with Gasteiger partial charge in [-0.05, 0) is 49.1 Å². The molecule has 0 atom stereocenters. The molecule has 0 radical (unpaired) electrons. The first kappa shape index (κ1) is 27.4. The predicted molar refractivity (Wildman–Crippen MR) is 156 cm³/mol. The number of carbonyl (C=O) groups is 1. The molecule has 4 aromatic rings. The third kappa shape index (κ3) is 6.10. The third-order valence-electron chi connectivity index (χ3n) is 6.94. The number of nitriles is 1. The van der Waals surface area contributed by atoms with E-state index in [0.29, 0.717) is 17.7 Å². The van der Waals surface area contributed by atoms with Gasteiger partial charge in [0, 0.05) is 36.0 Å². The Morgan fingerprint density at radius 3 is 2.31 bits per heavy atom. The summed E-state index contributed by atoms with van der Waals surface area (Å²) in [5, 5.41) is 12.5. The molecule has 0 aliphatic carbocycles. The van der Waals surface area contributed by atoms with E-state index in [-0.39, 0.29) is 18.1 Å². The summed E-state index contributed by atoms with van der Waals surface area (Å²) in [6.07, 6.45) is 2.67. The van der Waals surface area contributed by atoms with Crippen molar-refractivity contribution in [3.8, 4) is 22.9 Å². The van der Waals surface area contributed by atoms with Crippen LogP contribution in [0.2, 0.25) is 0 Å². The highest BCUT2D eigenvalue weighted by Gasteiger charge is 2.21. The summed E-state index contributed by atoms with van der Waals surface area (Å²) in [6, 6.07) is 29.0. The number of amides is 2. The van der Waals surface area contributed by atoms with Gasteiger partial charge in [-0.25, -0.2) is 4.79 Å². The Morgan fingerprint density at radius 2 is 1.62 bits per heavy atom. The number of carbonyl (C=O) groups excluding carboxylic acids is 1. The Bertz CT molecular complexity index is 1550. The average Bonchev–Trinajstić information content (AvgIpc) is 2.97. The minimum absolute atomic E-state index is 0.148. The summed E-state index contributed by atoms with van der Waals surface area (Å²) in [7, 11) is 1.60. The highest BCUT2D eigenvalue weighted by molar-refractivity contribution is 5.78. The number of urea groups is 1. The zero-order valence-corrected chi connectivity index (χ0v) is 22.8. The van der Waals surface area contributed by atoms with Crippen LogP contribution in [-0.2, 0) is 19.5 Å². The number of unbranched alkanes of at least 4 members (excludes halogenated alkanes) is 1. The molecule has 1 aromatic heterocycles. The number of benzene rings is 3. The SMILES string of the molecule is CCCCc1cc(C)c(CN(Cc2ccccc2)C(=O)NC)c(=O)n1-c1ccccc1-c1ccccc1C#N. The number of pyridine rings is 1. The van der Waals surface area contributed by atoms with Crippen LogP contribution in [0.1, 0.15) is 47.7 Å². The molecule has 0 unspecified atom stereocenters. The maximum absolute atomic E-state index is 14.4. The van der Waals surface area contributed by atoms with Gasteiger partial charge in [-0.15, -0.1) is 0 Å². The summed E-state index contributed by atoms with van der Waals surface area (Å²) in [5.41, 5.74) is 6.05. The van der Waals surface area contributed by atoms with Crippen molar-refractivity contribution in [2.45, 2.75) is 46.2 Å². The van der Waals surface area contributed by atoms with Gasteiger partial charge in [-0.2, -0.15) is 5.26 Å². The van der Waals surface area contributed by atoms with E-state index < -0.39 is 0 Å². The molecule has 6 heteroatoms. The fourth-order valence-electron chi connectivity index (χ4n) is 4.90. The molecule has 6 nitrogen and oxygen atoms in total. The van der Waals surface area contributed by atoms with Crippen LogP contribution in [0.15, 0.2) is 89.7 Å². The second-order valence-corrected chi connectivity index (χ2v) is 9.61. The first-order valence-electron chi connectivity index (χ1n) is 13.3. The maximum atomic E-state index is 14.4. The predicted octanol–water partition coefficient (Wildman–Crippen LogP) is 6.37. The van der Waals surface area contributed by atoms with Crippen LogP contribution in [0.3, 0.4) is 0 Å². The Kier molecular flexibility index (Phi) is 8.96. The van der Waals surface area contributed by atoms with Gasteiger partial charge in [0.05, 0.1) is 23.9 Å². The van der Waals surface area contributed by atoms with Gasteiger partial charge in [0.1, 0.15) is 0 Å². The van der Waals surface area contributed by atoms with Gasteiger partial charge >= 0.3 is 6.03 Å². The smallest absolute Gasteiger partial charge is 0.317 e. The molecule has 198 valence electrons. The van der Waals surface area contributed by atoms with E-state index in [1.165, 1.54) is 0 Å². The second-order valence-electron chi connectivity index (χ2n) is 9.61. The van der Waals surface area contributed by atoms with Crippen LogP contribution < -0.4 is 10.9 Å². The third-order valence-corrected chi connectivity index (χ3v) is 6.94. The van der Waals surface area contributed by atoms with Gasteiger partial charge in [0.2, 0.25) is 0 Å². The van der Waals surface area contributed by atoms with Crippen molar-refractivity contribution in [2.24, 2.45) is 0 Å². The van der Waals surface area contributed by atoms with Gasteiger partial charge in [-0.3, -0.25) is 9.36 Å². The van der Waals surface area contributed by atoms with Crippen molar-refractivity contribution in [1.29, 1.82) is 5.26 Å². The zero-order valence-electron chi connectivity index (χ0n) is 22.8. The molecule has 0 saturated heterocycles. The maximum Gasteiger partial charge on any atom is 0.317 e. The van der Waals surface area contributed by atoms with E-state index in [1.807, 2.05) is 79.7 Å². The van der Waals surface area contributed by atoms with Gasteiger partial charge in [-0.1, -0.05) is 80.1 Å². The van der Waals surface area contributed by atoms with Crippen LogP contribution in [-0.4, -0.2) is 22.5 Å². The normalized spacial score (nSPS) is 10.6. The summed E-state index contributed by atoms with van der Waals surface area (Å²) in [5.74, 6) is 0. The number of rotatable bonds is 9. The molecule has 2 amide bonds. The molecule has 4 rings (SSSR count). The first-order valence-corrected chi connectivity index (χ1v) is 13.3. The largest absolute Gasteiger partial charge is 0.341 e. The lowest BCUT2D eigenvalue weighted by Crippen LogP contribution is -2.39. The summed E-state index contributed by atoms with van der Waals surface area (Å²) >= 11 is 0. The standard InChI is InChI=1S/C33H34N4O2/c1-4-5-16-27-20-24(2)30(23-36(33(39)35-3)22-25-13-7-6-8-14-25)32(38)37(27)31-19-12-11-18-29(31)28-17-10-9-15-26(28)21-34/h6-15,17-20H,4-5,16,22-23H2,1-3H3,(H,35,39). The van der Waals surface area contributed by atoms with Crippen LogP contribution in [0, 0.1) is 18.3 Å². The highest BCUT2D eigenvalue weighted by atomic mass is 16.2. The monoisotopic (exact) mass is 518 g/mol. The van der Waals surface area contributed by atoms with Crippen molar-refractivity contribution in [3.05, 3.63) is 123 Å². The Morgan fingerprint density at radius 1 is 0.949 bits per heavy atom. The number of hydrogen-bond donors (Lipinski definition) is 1. The molecule has 39 heavy (non-hydrogen) atoms. The second kappa shape index (κ2) is 12.7. The highest BCUT2D eigenvalue weighted by Crippen LogP contribution is 2.30. The number of aryl methyl sites for hydroxylation is 2. The van der Waals surface area contributed by atoms with E-state index >= 15 is 0 Å². The van der Waals surface area contributed by atoms with E-state index in [1.54, 1.807) is 22.6 Å². The lowest BCUT2D eigenvalue weighted by molar-refractivity contribution is 0.194. The summed E-state index contributed by atoms with van der Waals surface area (Å²) < 4.78 is 1.78. The summed E-state index contributed by atoms with van der Waals surface area (Å²) in [6.45, 7) is 4.62. The molecule has 0 aliphatic heterocycles. The Hall–Kier alpha value is -4.63. The molecule has 0 spiro atoms. The van der Waals surface area contributed by atoms with Crippen LogP contribution >= 0.6 is 0 Å². The Balaban J connectivity index is 1.89. The first-order chi connectivity index (χ1) is 19.0. The molecule has 0 saturated carbocycles. The molecule has 0 fully saturated rings. The van der Waals surface area contributed by atoms with E-state index in [4.69, 9.17) is 0 Å². The number of hydrogen-bond acceptors (Lipinski definition) is 3. The van der Waals surface area contributed by atoms with E-state index in [2.05, 4.69) is 24.4 Å². The minimum atomic E-state index is -0.248. The van der Waals surface area contributed by atoms with E-state index in [9.17, 15) is 14.9 Å². The fraction of sp³-hybridized carbons (Fsp3) is 0.242. The molecule has 1 heterocycles.